The van der Waals surface area contributed by atoms with Crippen molar-refractivity contribution < 1.29 is 4.74 Å². The summed E-state index contributed by atoms with van der Waals surface area (Å²) in [6.07, 6.45) is 3.86. The van der Waals surface area contributed by atoms with E-state index in [2.05, 4.69) is 16.7 Å². The van der Waals surface area contributed by atoms with E-state index in [1.54, 1.807) is 0 Å². The van der Waals surface area contributed by atoms with E-state index in [0.717, 1.165) is 31.3 Å². The molecule has 0 radical (unpaired) electrons. The Bertz CT molecular complexity index is 438. The monoisotopic (exact) mass is 330 g/mol. The minimum atomic E-state index is 0. The molecule has 2 fully saturated rings. The molecule has 21 heavy (non-hydrogen) atoms. The number of hydrogen-bond acceptors (Lipinski definition) is 3. The molecule has 3 unspecified atom stereocenters. The standard InChI is InChI=1S/C16H23ClN2O.ClH/c17-14-6-2-1-4-12(14)10-19-15-7-3-5-13(15)16-11-20-9-8-18-16;/h1-2,4,6,13,15-16,18-19H,3,5,7-11H2;1H. The predicted molar refractivity (Wildman–Crippen MR) is 89.3 cm³/mol. The predicted octanol–water partition coefficient (Wildman–Crippen LogP) is 3.01. The van der Waals surface area contributed by atoms with Crippen molar-refractivity contribution >= 4 is 24.0 Å². The van der Waals surface area contributed by atoms with E-state index in [-0.39, 0.29) is 12.4 Å². The smallest absolute Gasteiger partial charge is 0.0623 e. The van der Waals surface area contributed by atoms with Crippen LogP contribution >= 0.6 is 24.0 Å². The molecule has 0 aromatic heterocycles. The molecule has 0 bridgehead atoms. The Hall–Kier alpha value is -0.320. The second-order valence-electron chi connectivity index (χ2n) is 5.81. The quantitative estimate of drug-likeness (QED) is 0.890. The van der Waals surface area contributed by atoms with Gasteiger partial charge in [0, 0.05) is 30.2 Å². The number of nitrogens with one attached hydrogen (secondary N) is 2. The largest absolute Gasteiger partial charge is 0.379 e. The van der Waals surface area contributed by atoms with E-state index in [1.165, 1.54) is 24.8 Å². The molecule has 1 saturated heterocycles. The summed E-state index contributed by atoms with van der Waals surface area (Å²) >= 11 is 6.22. The third-order valence-electron chi connectivity index (χ3n) is 4.55. The summed E-state index contributed by atoms with van der Waals surface area (Å²) in [6.45, 7) is 3.54. The molecule has 3 nitrogen and oxygen atoms in total. The third kappa shape index (κ3) is 4.33. The number of ether oxygens (including phenoxy) is 1. The van der Waals surface area contributed by atoms with E-state index in [4.69, 9.17) is 16.3 Å². The van der Waals surface area contributed by atoms with Crippen LogP contribution in [0.15, 0.2) is 24.3 Å². The summed E-state index contributed by atoms with van der Waals surface area (Å²) in [7, 11) is 0. The van der Waals surface area contributed by atoms with Gasteiger partial charge in [-0.2, -0.15) is 0 Å². The van der Waals surface area contributed by atoms with Crippen molar-refractivity contribution in [3.63, 3.8) is 0 Å². The highest BCUT2D eigenvalue weighted by atomic mass is 35.5. The first-order chi connectivity index (χ1) is 9.84. The average molecular weight is 331 g/mol. The Morgan fingerprint density at radius 2 is 2.14 bits per heavy atom. The van der Waals surface area contributed by atoms with E-state index < -0.39 is 0 Å². The van der Waals surface area contributed by atoms with Gasteiger partial charge in [-0.05, 0) is 30.4 Å². The molecular weight excluding hydrogens is 307 g/mol. The molecule has 1 heterocycles. The van der Waals surface area contributed by atoms with Gasteiger partial charge in [-0.1, -0.05) is 36.2 Å². The Kier molecular flexibility index (Phi) is 6.77. The van der Waals surface area contributed by atoms with E-state index >= 15 is 0 Å². The van der Waals surface area contributed by atoms with E-state index in [1.807, 2.05) is 18.2 Å². The molecule has 0 spiro atoms. The zero-order chi connectivity index (χ0) is 13.8. The molecule has 0 amide bonds. The third-order valence-corrected chi connectivity index (χ3v) is 4.92. The van der Waals surface area contributed by atoms with Gasteiger partial charge in [0.25, 0.3) is 0 Å². The average Bonchev–Trinajstić information content (AvgIpc) is 2.96. The number of rotatable bonds is 4. The molecule has 118 valence electrons. The lowest BCUT2D eigenvalue weighted by atomic mass is 9.94. The fourth-order valence-electron chi connectivity index (χ4n) is 3.47. The second-order valence-corrected chi connectivity index (χ2v) is 6.22. The zero-order valence-electron chi connectivity index (χ0n) is 12.2. The zero-order valence-corrected chi connectivity index (χ0v) is 13.8. The van der Waals surface area contributed by atoms with Crippen LogP contribution in [0.4, 0.5) is 0 Å². The van der Waals surface area contributed by atoms with Crippen LogP contribution in [-0.2, 0) is 11.3 Å². The first-order valence-electron chi connectivity index (χ1n) is 7.62. The van der Waals surface area contributed by atoms with Crippen molar-refractivity contribution in [1.29, 1.82) is 0 Å². The Morgan fingerprint density at radius 1 is 1.29 bits per heavy atom. The minimum absolute atomic E-state index is 0. The van der Waals surface area contributed by atoms with Crippen molar-refractivity contribution in [3.8, 4) is 0 Å². The van der Waals surface area contributed by atoms with E-state index in [9.17, 15) is 0 Å². The molecule has 3 atom stereocenters. The molecule has 1 aromatic rings. The summed E-state index contributed by atoms with van der Waals surface area (Å²) < 4.78 is 5.61. The fourth-order valence-corrected chi connectivity index (χ4v) is 3.67. The van der Waals surface area contributed by atoms with Crippen LogP contribution in [0.1, 0.15) is 24.8 Å². The highest BCUT2D eigenvalue weighted by Gasteiger charge is 2.34. The molecule has 1 aliphatic carbocycles. The molecule has 2 aliphatic rings. The Morgan fingerprint density at radius 3 is 2.90 bits per heavy atom. The van der Waals surface area contributed by atoms with Gasteiger partial charge < -0.3 is 15.4 Å². The molecule has 5 heteroatoms. The maximum absolute atomic E-state index is 6.22. The second kappa shape index (κ2) is 8.35. The van der Waals surface area contributed by atoms with Crippen molar-refractivity contribution in [2.45, 2.75) is 37.9 Å². The van der Waals surface area contributed by atoms with Crippen molar-refractivity contribution in [3.05, 3.63) is 34.9 Å². The fraction of sp³-hybridized carbons (Fsp3) is 0.625. The van der Waals surface area contributed by atoms with Gasteiger partial charge in [0.1, 0.15) is 0 Å². The Balaban J connectivity index is 0.00000161. The molecular formula is C16H24Cl2N2O. The SMILES string of the molecule is Cl.Clc1ccccc1CNC1CCCC1C1COCCN1. The highest BCUT2D eigenvalue weighted by molar-refractivity contribution is 6.31. The van der Waals surface area contributed by atoms with Crippen LogP contribution in [0.2, 0.25) is 5.02 Å². The minimum Gasteiger partial charge on any atom is -0.379 e. The summed E-state index contributed by atoms with van der Waals surface area (Å²) in [6, 6.07) is 9.17. The summed E-state index contributed by atoms with van der Waals surface area (Å²) in [5, 5.41) is 8.17. The lowest BCUT2D eigenvalue weighted by molar-refractivity contribution is 0.0524. The summed E-state index contributed by atoms with van der Waals surface area (Å²) in [4.78, 5) is 0. The first-order valence-corrected chi connectivity index (χ1v) is 8.00. The van der Waals surface area contributed by atoms with Gasteiger partial charge in [-0.3, -0.25) is 0 Å². The molecule has 1 saturated carbocycles. The first kappa shape index (κ1) is 17.0. The van der Waals surface area contributed by atoms with Crippen LogP contribution in [0, 0.1) is 5.92 Å². The number of halogens is 2. The van der Waals surface area contributed by atoms with Crippen molar-refractivity contribution in [1.82, 2.24) is 10.6 Å². The van der Waals surface area contributed by atoms with Gasteiger partial charge in [-0.15, -0.1) is 12.4 Å². The lowest BCUT2D eigenvalue weighted by Gasteiger charge is -2.33. The molecule has 3 rings (SSSR count). The van der Waals surface area contributed by atoms with Crippen LogP contribution in [0.3, 0.4) is 0 Å². The number of hydrogen-bond donors (Lipinski definition) is 2. The van der Waals surface area contributed by atoms with Crippen LogP contribution in [0.5, 0.6) is 0 Å². The van der Waals surface area contributed by atoms with Crippen LogP contribution in [0.25, 0.3) is 0 Å². The topological polar surface area (TPSA) is 33.3 Å². The summed E-state index contributed by atoms with van der Waals surface area (Å²) in [5.74, 6) is 0.679. The highest BCUT2D eigenvalue weighted by Crippen LogP contribution is 2.30. The summed E-state index contributed by atoms with van der Waals surface area (Å²) in [5.41, 5.74) is 1.19. The molecule has 2 N–H and O–H groups in total. The maximum Gasteiger partial charge on any atom is 0.0623 e. The number of morpholine rings is 1. The van der Waals surface area contributed by atoms with Crippen molar-refractivity contribution in [2.24, 2.45) is 5.92 Å². The van der Waals surface area contributed by atoms with Gasteiger partial charge >= 0.3 is 0 Å². The van der Waals surface area contributed by atoms with Gasteiger partial charge in [0.2, 0.25) is 0 Å². The van der Waals surface area contributed by atoms with Gasteiger partial charge in [0.05, 0.1) is 13.2 Å². The lowest BCUT2D eigenvalue weighted by Crippen LogP contribution is -2.50. The van der Waals surface area contributed by atoms with Crippen molar-refractivity contribution in [2.75, 3.05) is 19.8 Å². The van der Waals surface area contributed by atoms with Crippen LogP contribution in [-0.4, -0.2) is 31.8 Å². The molecule has 1 aromatic carbocycles. The van der Waals surface area contributed by atoms with Crippen LogP contribution < -0.4 is 10.6 Å². The maximum atomic E-state index is 6.22. The van der Waals surface area contributed by atoms with Gasteiger partial charge in [-0.25, -0.2) is 0 Å². The number of benzene rings is 1. The normalized spacial score (nSPS) is 29.1. The Labute approximate surface area is 138 Å². The van der Waals surface area contributed by atoms with E-state index in [0.29, 0.717) is 18.0 Å². The van der Waals surface area contributed by atoms with Gasteiger partial charge in [0.15, 0.2) is 0 Å². The molecule has 1 aliphatic heterocycles.